The van der Waals surface area contributed by atoms with Gasteiger partial charge in [0, 0.05) is 50.9 Å². The molecule has 1 aromatic rings. The summed E-state index contributed by atoms with van der Waals surface area (Å²) in [6, 6.07) is 0.471. The van der Waals surface area contributed by atoms with E-state index in [9.17, 15) is 9.59 Å². The summed E-state index contributed by atoms with van der Waals surface area (Å²) < 4.78 is 0. The molecule has 0 saturated carbocycles. The van der Waals surface area contributed by atoms with E-state index >= 15 is 0 Å². The molecule has 0 unspecified atom stereocenters. The van der Waals surface area contributed by atoms with Crippen molar-refractivity contribution < 1.29 is 9.59 Å². The smallest absolute Gasteiger partial charge is 0.223 e. The molecule has 26 heavy (non-hydrogen) atoms. The molecule has 0 radical (unpaired) electrons. The summed E-state index contributed by atoms with van der Waals surface area (Å²) in [6.45, 7) is 7.11. The van der Waals surface area contributed by atoms with Gasteiger partial charge in [0.25, 0.3) is 0 Å². The predicted octanol–water partition coefficient (Wildman–Crippen LogP) is 1.79. The normalized spacial score (nSPS) is 31.6. The molecule has 2 bridgehead atoms. The molecule has 3 fully saturated rings. The van der Waals surface area contributed by atoms with Gasteiger partial charge in [0.15, 0.2) is 0 Å². The number of fused-ring (bicyclic) bond motifs is 4. The van der Waals surface area contributed by atoms with E-state index in [0.29, 0.717) is 30.8 Å². The summed E-state index contributed by atoms with van der Waals surface area (Å²) in [4.78, 5) is 33.5. The summed E-state index contributed by atoms with van der Waals surface area (Å²) in [6.07, 6.45) is 3.93. The molecular weight excluding hydrogens is 348 g/mol. The van der Waals surface area contributed by atoms with Crippen LogP contribution < -0.4 is 5.32 Å². The van der Waals surface area contributed by atoms with Gasteiger partial charge in [-0.25, -0.2) is 4.98 Å². The van der Waals surface area contributed by atoms with Crippen molar-refractivity contribution in [3.05, 3.63) is 16.1 Å². The molecule has 6 nitrogen and oxygen atoms in total. The molecule has 4 heterocycles. The fourth-order valence-corrected chi connectivity index (χ4v) is 5.83. The topological polar surface area (TPSA) is 65.5 Å². The van der Waals surface area contributed by atoms with Crippen molar-refractivity contribution in [1.82, 2.24) is 20.1 Å². The monoisotopic (exact) mass is 376 g/mol. The molecule has 2 amide bonds. The molecule has 1 aromatic heterocycles. The maximum atomic E-state index is 12.7. The Morgan fingerprint density at radius 3 is 2.92 bits per heavy atom. The zero-order chi connectivity index (χ0) is 18.3. The maximum absolute atomic E-state index is 12.7. The van der Waals surface area contributed by atoms with Crippen LogP contribution in [-0.2, 0) is 16.1 Å². The summed E-state index contributed by atoms with van der Waals surface area (Å²) in [7, 11) is 0. The minimum absolute atomic E-state index is 0.0151. The highest BCUT2D eigenvalue weighted by molar-refractivity contribution is 7.09. The average molecular weight is 377 g/mol. The molecule has 3 aliphatic rings. The quantitative estimate of drug-likeness (QED) is 0.870. The Morgan fingerprint density at radius 1 is 1.38 bits per heavy atom. The first-order chi connectivity index (χ1) is 12.5. The van der Waals surface area contributed by atoms with Crippen LogP contribution in [0.2, 0.25) is 0 Å². The summed E-state index contributed by atoms with van der Waals surface area (Å²) in [5.41, 5.74) is 1.16. The first kappa shape index (κ1) is 17.9. The zero-order valence-corrected chi connectivity index (χ0v) is 16.4. The lowest BCUT2D eigenvalue weighted by atomic mass is 9.72. The number of hydrogen-bond acceptors (Lipinski definition) is 5. The summed E-state index contributed by atoms with van der Waals surface area (Å²) in [5, 5.41) is 6.25. The number of rotatable bonds is 4. The van der Waals surface area contributed by atoms with Crippen molar-refractivity contribution in [1.29, 1.82) is 0 Å². The minimum Gasteiger partial charge on any atom is -0.354 e. The van der Waals surface area contributed by atoms with E-state index in [1.807, 2.05) is 6.92 Å². The van der Waals surface area contributed by atoms with Gasteiger partial charge >= 0.3 is 0 Å². The third-order valence-corrected chi connectivity index (χ3v) is 7.01. The Bertz CT molecular complexity index is 691. The number of piperidine rings is 3. The Balaban J connectivity index is 1.53. The average Bonchev–Trinajstić information content (AvgIpc) is 3.00. The van der Waals surface area contributed by atoms with Gasteiger partial charge in [0.1, 0.15) is 0 Å². The van der Waals surface area contributed by atoms with E-state index in [1.54, 1.807) is 18.3 Å². The van der Waals surface area contributed by atoms with Gasteiger partial charge in [0.05, 0.1) is 16.7 Å². The van der Waals surface area contributed by atoms with Crippen LogP contribution >= 0.6 is 11.3 Å². The number of amides is 2. The molecule has 0 aromatic carbocycles. The molecule has 1 N–H and O–H groups in total. The van der Waals surface area contributed by atoms with Gasteiger partial charge in [-0.3, -0.25) is 14.5 Å². The lowest BCUT2D eigenvalue weighted by Gasteiger charge is -2.56. The number of carbonyl (C=O) groups excluding carboxylic acids is 2. The van der Waals surface area contributed by atoms with Crippen molar-refractivity contribution in [3.8, 4) is 0 Å². The fourth-order valence-electron chi connectivity index (χ4n) is 5.22. The van der Waals surface area contributed by atoms with Crippen molar-refractivity contribution in [2.24, 2.45) is 11.8 Å². The predicted molar refractivity (Wildman–Crippen MR) is 101 cm³/mol. The van der Waals surface area contributed by atoms with Crippen molar-refractivity contribution in [2.75, 3.05) is 19.6 Å². The van der Waals surface area contributed by atoms with Gasteiger partial charge in [-0.1, -0.05) is 0 Å². The SMILES string of the molecule is CC(=O)NC[C@H]1[C@H]2C[C@H](CN(Cc3csc(C)n3)C2)[C@@H]2CCCC(=O)N21. The number of likely N-dealkylation sites (tertiary alicyclic amines) is 1. The van der Waals surface area contributed by atoms with E-state index in [4.69, 9.17) is 0 Å². The highest BCUT2D eigenvalue weighted by atomic mass is 32.1. The number of thiazole rings is 1. The van der Waals surface area contributed by atoms with Gasteiger partial charge < -0.3 is 10.2 Å². The van der Waals surface area contributed by atoms with Crippen LogP contribution in [0.4, 0.5) is 0 Å². The molecule has 142 valence electrons. The van der Waals surface area contributed by atoms with Crippen LogP contribution in [0, 0.1) is 18.8 Å². The lowest BCUT2D eigenvalue weighted by molar-refractivity contribution is -0.153. The van der Waals surface area contributed by atoms with E-state index in [-0.39, 0.29) is 17.9 Å². The summed E-state index contributed by atoms with van der Waals surface area (Å²) >= 11 is 1.71. The molecule has 3 aliphatic heterocycles. The first-order valence-corrected chi connectivity index (χ1v) is 10.6. The minimum atomic E-state index is -0.0151. The Morgan fingerprint density at radius 2 is 2.19 bits per heavy atom. The second-order valence-corrected chi connectivity index (χ2v) is 9.14. The zero-order valence-electron chi connectivity index (χ0n) is 15.6. The van der Waals surface area contributed by atoms with Gasteiger partial charge in [-0.15, -0.1) is 11.3 Å². The molecule has 4 rings (SSSR count). The highest BCUT2D eigenvalue weighted by Crippen LogP contribution is 2.41. The molecule has 4 atom stereocenters. The Kier molecular flexibility index (Phi) is 5.01. The lowest BCUT2D eigenvalue weighted by Crippen LogP contribution is -2.66. The van der Waals surface area contributed by atoms with E-state index < -0.39 is 0 Å². The number of hydrogen-bond donors (Lipinski definition) is 1. The molecular formula is C19H28N4O2S. The van der Waals surface area contributed by atoms with Crippen LogP contribution in [0.3, 0.4) is 0 Å². The van der Waals surface area contributed by atoms with Crippen LogP contribution in [0.5, 0.6) is 0 Å². The third-order valence-electron chi connectivity index (χ3n) is 6.18. The van der Waals surface area contributed by atoms with E-state index in [2.05, 4.69) is 25.5 Å². The van der Waals surface area contributed by atoms with Crippen molar-refractivity contribution in [2.45, 2.75) is 58.2 Å². The van der Waals surface area contributed by atoms with E-state index in [1.165, 1.54) is 6.42 Å². The molecule has 0 spiro atoms. The standard InChI is InChI=1S/C19H28N4O2S/c1-12(24)20-7-18-15-6-14(17-4-3-5-19(25)23(17)18)8-22(9-15)10-16-11-26-13(2)21-16/h11,14-15,17-18H,3-10H2,1-2H3,(H,20,24)/t14-,15+,17+,18+/m1/s1. The van der Waals surface area contributed by atoms with Crippen LogP contribution in [-0.4, -0.2) is 58.3 Å². The largest absolute Gasteiger partial charge is 0.354 e. The van der Waals surface area contributed by atoms with Crippen LogP contribution in [0.15, 0.2) is 5.38 Å². The van der Waals surface area contributed by atoms with Crippen molar-refractivity contribution >= 4 is 23.2 Å². The number of nitrogens with zero attached hydrogens (tertiary/aromatic N) is 3. The maximum Gasteiger partial charge on any atom is 0.223 e. The molecule has 0 aliphatic carbocycles. The van der Waals surface area contributed by atoms with Gasteiger partial charge in [-0.05, 0) is 38.0 Å². The van der Waals surface area contributed by atoms with E-state index in [0.717, 1.165) is 43.2 Å². The first-order valence-electron chi connectivity index (χ1n) is 9.70. The summed E-state index contributed by atoms with van der Waals surface area (Å²) in [5.74, 6) is 1.25. The number of carbonyl (C=O) groups is 2. The Labute approximate surface area is 159 Å². The van der Waals surface area contributed by atoms with Crippen molar-refractivity contribution in [3.63, 3.8) is 0 Å². The fraction of sp³-hybridized carbons (Fsp3) is 0.737. The van der Waals surface area contributed by atoms with Crippen LogP contribution in [0.1, 0.15) is 43.3 Å². The highest BCUT2D eigenvalue weighted by Gasteiger charge is 2.49. The molecule has 3 saturated heterocycles. The second kappa shape index (κ2) is 7.27. The number of aryl methyl sites for hydroxylation is 1. The second-order valence-electron chi connectivity index (χ2n) is 8.07. The Hall–Kier alpha value is -1.47. The van der Waals surface area contributed by atoms with Crippen LogP contribution in [0.25, 0.3) is 0 Å². The number of aromatic nitrogens is 1. The number of nitrogens with one attached hydrogen (secondary N) is 1. The van der Waals surface area contributed by atoms with Gasteiger partial charge in [-0.2, -0.15) is 0 Å². The van der Waals surface area contributed by atoms with Gasteiger partial charge in [0.2, 0.25) is 11.8 Å². The molecule has 7 heteroatoms. The third kappa shape index (κ3) is 3.51.